The highest BCUT2D eigenvalue weighted by atomic mass is 16.5. The van der Waals surface area contributed by atoms with Gasteiger partial charge in [-0.2, -0.15) is 0 Å². The lowest BCUT2D eigenvalue weighted by Crippen LogP contribution is -2.13. The second-order valence-corrected chi connectivity index (χ2v) is 5.45. The lowest BCUT2D eigenvalue weighted by Gasteiger charge is -2.11. The maximum Gasteiger partial charge on any atom is 0.255 e. The Balaban J connectivity index is 2.14. The van der Waals surface area contributed by atoms with E-state index in [1.807, 2.05) is 58.0 Å². The SMILES string of the molecule is Cc1ccc(NC(=O)c2cccc(OC(C)C)c2)cc1C. The molecule has 2 aromatic rings. The molecular formula is C18H21NO2. The standard InChI is InChI=1S/C18H21NO2/c1-12(2)21-17-7-5-6-15(11-17)18(20)19-16-9-8-13(3)14(4)10-16/h5-12H,1-4H3,(H,19,20). The van der Waals surface area contributed by atoms with E-state index >= 15 is 0 Å². The van der Waals surface area contributed by atoms with Crippen molar-refractivity contribution in [3.05, 3.63) is 59.2 Å². The molecule has 1 amide bonds. The van der Waals surface area contributed by atoms with Gasteiger partial charge in [0.2, 0.25) is 0 Å². The summed E-state index contributed by atoms with van der Waals surface area (Å²) in [5.41, 5.74) is 3.76. The number of hydrogen-bond acceptors (Lipinski definition) is 2. The zero-order chi connectivity index (χ0) is 15.4. The summed E-state index contributed by atoms with van der Waals surface area (Å²) in [6.07, 6.45) is 0.0862. The average molecular weight is 283 g/mol. The fourth-order valence-electron chi connectivity index (χ4n) is 2.01. The van der Waals surface area contributed by atoms with Gasteiger partial charge in [0.1, 0.15) is 5.75 Å². The van der Waals surface area contributed by atoms with Crippen molar-refractivity contribution in [2.24, 2.45) is 0 Å². The van der Waals surface area contributed by atoms with E-state index in [9.17, 15) is 4.79 Å². The molecule has 1 N–H and O–H groups in total. The van der Waals surface area contributed by atoms with Crippen molar-refractivity contribution in [3.8, 4) is 5.75 Å². The molecule has 0 heterocycles. The summed E-state index contributed by atoms with van der Waals surface area (Å²) in [7, 11) is 0. The Morgan fingerprint density at radius 3 is 2.48 bits per heavy atom. The van der Waals surface area contributed by atoms with Gasteiger partial charge in [-0.05, 0) is 69.2 Å². The van der Waals surface area contributed by atoms with E-state index in [-0.39, 0.29) is 12.0 Å². The Bertz CT molecular complexity index is 647. The lowest BCUT2D eigenvalue weighted by molar-refractivity contribution is 0.102. The fourth-order valence-corrected chi connectivity index (χ4v) is 2.01. The van der Waals surface area contributed by atoms with Crippen LogP contribution in [-0.4, -0.2) is 12.0 Å². The quantitative estimate of drug-likeness (QED) is 0.906. The average Bonchev–Trinajstić information content (AvgIpc) is 2.42. The van der Waals surface area contributed by atoms with Gasteiger partial charge in [0.05, 0.1) is 6.10 Å². The second-order valence-electron chi connectivity index (χ2n) is 5.45. The first-order valence-electron chi connectivity index (χ1n) is 7.11. The maximum absolute atomic E-state index is 12.3. The summed E-state index contributed by atoms with van der Waals surface area (Å²) in [5, 5.41) is 2.91. The number of anilines is 1. The summed E-state index contributed by atoms with van der Waals surface area (Å²) in [5.74, 6) is 0.574. The van der Waals surface area contributed by atoms with Crippen molar-refractivity contribution >= 4 is 11.6 Å². The lowest BCUT2D eigenvalue weighted by atomic mass is 10.1. The Kier molecular flexibility index (Phi) is 4.63. The molecule has 3 nitrogen and oxygen atoms in total. The van der Waals surface area contributed by atoms with E-state index < -0.39 is 0 Å². The Morgan fingerprint density at radius 1 is 1.05 bits per heavy atom. The third-order valence-corrected chi connectivity index (χ3v) is 3.23. The van der Waals surface area contributed by atoms with E-state index in [1.165, 1.54) is 5.56 Å². The van der Waals surface area contributed by atoms with Crippen molar-refractivity contribution < 1.29 is 9.53 Å². The van der Waals surface area contributed by atoms with Gasteiger partial charge in [-0.1, -0.05) is 12.1 Å². The van der Waals surface area contributed by atoms with E-state index in [1.54, 1.807) is 12.1 Å². The van der Waals surface area contributed by atoms with Crippen molar-refractivity contribution in [2.75, 3.05) is 5.32 Å². The highest BCUT2D eigenvalue weighted by molar-refractivity contribution is 6.04. The highest BCUT2D eigenvalue weighted by Gasteiger charge is 2.08. The monoisotopic (exact) mass is 283 g/mol. The molecule has 0 saturated carbocycles. The van der Waals surface area contributed by atoms with E-state index in [2.05, 4.69) is 5.32 Å². The minimum atomic E-state index is -0.132. The molecule has 0 spiro atoms. The van der Waals surface area contributed by atoms with Crippen LogP contribution < -0.4 is 10.1 Å². The van der Waals surface area contributed by atoms with Gasteiger partial charge in [0.25, 0.3) is 5.91 Å². The molecule has 0 unspecified atom stereocenters. The molecule has 0 saturated heterocycles. The minimum absolute atomic E-state index is 0.0862. The Labute approximate surface area is 126 Å². The summed E-state index contributed by atoms with van der Waals surface area (Å²) in [4.78, 5) is 12.3. The highest BCUT2D eigenvalue weighted by Crippen LogP contribution is 2.18. The zero-order valence-electron chi connectivity index (χ0n) is 12.9. The number of hydrogen-bond donors (Lipinski definition) is 1. The predicted molar refractivity (Wildman–Crippen MR) is 86.1 cm³/mol. The van der Waals surface area contributed by atoms with Crippen LogP contribution in [0.5, 0.6) is 5.75 Å². The molecule has 0 radical (unpaired) electrons. The van der Waals surface area contributed by atoms with Crippen LogP contribution in [0.1, 0.15) is 35.3 Å². The molecule has 0 fully saturated rings. The summed E-state index contributed by atoms with van der Waals surface area (Å²) >= 11 is 0. The van der Waals surface area contributed by atoms with Gasteiger partial charge in [0, 0.05) is 11.3 Å². The number of amides is 1. The molecule has 21 heavy (non-hydrogen) atoms. The van der Waals surface area contributed by atoms with Crippen LogP contribution in [0.25, 0.3) is 0 Å². The molecule has 2 rings (SSSR count). The first kappa shape index (κ1) is 15.1. The van der Waals surface area contributed by atoms with E-state index in [0.717, 1.165) is 11.3 Å². The van der Waals surface area contributed by atoms with Crippen molar-refractivity contribution in [2.45, 2.75) is 33.8 Å². The van der Waals surface area contributed by atoms with Gasteiger partial charge in [-0.3, -0.25) is 4.79 Å². The number of benzene rings is 2. The van der Waals surface area contributed by atoms with E-state index in [4.69, 9.17) is 4.74 Å². The summed E-state index contributed by atoms with van der Waals surface area (Å²) in [6.45, 7) is 8.00. The number of carbonyl (C=O) groups excluding carboxylic acids is 1. The number of carbonyl (C=O) groups is 1. The summed E-state index contributed by atoms with van der Waals surface area (Å²) in [6, 6.07) is 13.1. The number of ether oxygens (including phenoxy) is 1. The third kappa shape index (κ3) is 4.09. The van der Waals surface area contributed by atoms with Crippen LogP contribution in [0.15, 0.2) is 42.5 Å². The van der Waals surface area contributed by atoms with Crippen LogP contribution in [0.4, 0.5) is 5.69 Å². The normalized spacial score (nSPS) is 10.5. The van der Waals surface area contributed by atoms with Gasteiger partial charge in [0.15, 0.2) is 0 Å². The number of rotatable bonds is 4. The molecule has 3 heteroatoms. The minimum Gasteiger partial charge on any atom is -0.491 e. The first-order chi connectivity index (χ1) is 9.95. The van der Waals surface area contributed by atoms with Crippen LogP contribution in [0, 0.1) is 13.8 Å². The molecule has 0 bridgehead atoms. The van der Waals surface area contributed by atoms with Gasteiger partial charge >= 0.3 is 0 Å². The molecule has 0 aliphatic heterocycles. The van der Waals surface area contributed by atoms with Gasteiger partial charge in [-0.25, -0.2) is 0 Å². The number of aryl methyl sites for hydroxylation is 2. The van der Waals surface area contributed by atoms with Crippen molar-refractivity contribution in [1.82, 2.24) is 0 Å². The molecule has 0 atom stereocenters. The Morgan fingerprint density at radius 2 is 1.81 bits per heavy atom. The van der Waals surface area contributed by atoms with Gasteiger partial charge in [-0.15, -0.1) is 0 Å². The van der Waals surface area contributed by atoms with Crippen LogP contribution in [-0.2, 0) is 0 Å². The van der Waals surface area contributed by atoms with Crippen LogP contribution in [0.2, 0.25) is 0 Å². The smallest absolute Gasteiger partial charge is 0.255 e. The fraction of sp³-hybridized carbons (Fsp3) is 0.278. The summed E-state index contributed by atoms with van der Waals surface area (Å²) < 4.78 is 5.61. The molecule has 0 aliphatic carbocycles. The number of nitrogens with one attached hydrogen (secondary N) is 1. The topological polar surface area (TPSA) is 38.3 Å². The molecule has 2 aromatic carbocycles. The second kappa shape index (κ2) is 6.44. The largest absolute Gasteiger partial charge is 0.491 e. The van der Waals surface area contributed by atoms with E-state index in [0.29, 0.717) is 11.3 Å². The third-order valence-electron chi connectivity index (χ3n) is 3.23. The Hall–Kier alpha value is -2.29. The molecule has 110 valence electrons. The molecular weight excluding hydrogens is 262 g/mol. The van der Waals surface area contributed by atoms with Crippen LogP contribution in [0.3, 0.4) is 0 Å². The predicted octanol–water partition coefficient (Wildman–Crippen LogP) is 4.34. The molecule has 0 aliphatic rings. The van der Waals surface area contributed by atoms with Gasteiger partial charge < -0.3 is 10.1 Å². The molecule has 0 aromatic heterocycles. The van der Waals surface area contributed by atoms with Crippen molar-refractivity contribution in [1.29, 1.82) is 0 Å². The van der Waals surface area contributed by atoms with Crippen molar-refractivity contribution in [3.63, 3.8) is 0 Å². The first-order valence-corrected chi connectivity index (χ1v) is 7.11. The van der Waals surface area contributed by atoms with Crippen LogP contribution >= 0.6 is 0 Å². The zero-order valence-corrected chi connectivity index (χ0v) is 12.9. The maximum atomic E-state index is 12.3.